The molecule has 0 spiro atoms. The number of ether oxygens (including phenoxy) is 2. The molecule has 2 heterocycles. The van der Waals surface area contributed by atoms with E-state index < -0.39 is 33.8 Å². The molecule has 1 aromatic heterocycles. The van der Waals surface area contributed by atoms with Crippen molar-refractivity contribution < 1.29 is 32.3 Å². The number of aryl methyl sites for hydroxylation is 1. The summed E-state index contributed by atoms with van der Waals surface area (Å²) in [4.78, 5) is 40.2. The molecule has 0 amide bonds. The number of esters is 2. The summed E-state index contributed by atoms with van der Waals surface area (Å²) in [5.41, 5.74) is 1.16. The van der Waals surface area contributed by atoms with E-state index in [9.17, 15) is 22.8 Å². The van der Waals surface area contributed by atoms with Gasteiger partial charge in [0.1, 0.15) is 4.90 Å². The number of Topliss-reactive ketones (excluding diaryl/α,β-unsaturated/α-hetero) is 1. The fraction of sp³-hybridized carbons (Fsp3) is 0.409. The van der Waals surface area contributed by atoms with Gasteiger partial charge in [0.2, 0.25) is 15.8 Å². The van der Waals surface area contributed by atoms with Gasteiger partial charge >= 0.3 is 11.9 Å². The van der Waals surface area contributed by atoms with Crippen molar-refractivity contribution in [2.75, 3.05) is 20.2 Å². The van der Waals surface area contributed by atoms with Crippen molar-refractivity contribution in [3.63, 3.8) is 0 Å². The first-order chi connectivity index (χ1) is 15.5. The normalized spacial score (nSPS) is 15.3. The van der Waals surface area contributed by atoms with Gasteiger partial charge in [0.15, 0.2) is 6.10 Å². The molecule has 1 aromatic carbocycles. The predicted molar refractivity (Wildman–Crippen MR) is 120 cm³/mol. The van der Waals surface area contributed by atoms with Crippen molar-refractivity contribution >= 4 is 39.3 Å². The Balaban J connectivity index is 1.82. The maximum absolute atomic E-state index is 12.9. The number of rotatable bonds is 7. The first-order valence-corrected chi connectivity index (χ1v) is 12.1. The van der Waals surface area contributed by atoms with E-state index in [1.54, 1.807) is 13.8 Å². The van der Waals surface area contributed by atoms with Crippen molar-refractivity contribution in [2.24, 2.45) is 0 Å². The number of hydrogen-bond donors (Lipinski definition) is 1. The first-order valence-electron chi connectivity index (χ1n) is 10.3. The third kappa shape index (κ3) is 4.83. The Hall–Kier alpha value is -2.69. The molecule has 1 unspecified atom stereocenters. The summed E-state index contributed by atoms with van der Waals surface area (Å²) in [6, 6.07) is 3.81. The molecule has 0 radical (unpaired) electrons. The van der Waals surface area contributed by atoms with Gasteiger partial charge in [-0.05, 0) is 57.4 Å². The quantitative estimate of drug-likeness (QED) is 0.461. The standard InChI is InChI=1S/C22H25ClN2O7S/c1-12-18(22(28)31-4)13(2)24-19(12)20(26)14(3)32-21(27)15-7-8-16(23)17(11-15)33(29,30)25-9-5-6-10-25/h7-8,11,14,24H,5-6,9-10H2,1-4H3. The second kappa shape index (κ2) is 9.66. The van der Waals surface area contributed by atoms with Crippen molar-refractivity contribution in [3.05, 3.63) is 51.3 Å². The van der Waals surface area contributed by atoms with Gasteiger partial charge in [0.25, 0.3) is 0 Å². The van der Waals surface area contributed by atoms with Crippen LogP contribution in [-0.2, 0) is 19.5 Å². The van der Waals surface area contributed by atoms with Gasteiger partial charge in [-0.25, -0.2) is 18.0 Å². The van der Waals surface area contributed by atoms with E-state index in [-0.39, 0.29) is 26.7 Å². The second-order valence-electron chi connectivity index (χ2n) is 7.78. The average molecular weight is 497 g/mol. The summed E-state index contributed by atoms with van der Waals surface area (Å²) in [6.45, 7) is 5.39. The maximum Gasteiger partial charge on any atom is 0.339 e. The average Bonchev–Trinajstić information content (AvgIpc) is 3.41. The van der Waals surface area contributed by atoms with Gasteiger partial charge in [0.05, 0.1) is 29.0 Å². The molecule has 0 aliphatic carbocycles. The van der Waals surface area contributed by atoms with Crippen molar-refractivity contribution in [1.29, 1.82) is 0 Å². The Morgan fingerprint density at radius 2 is 1.76 bits per heavy atom. The highest BCUT2D eigenvalue weighted by molar-refractivity contribution is 7.89. The number of aromatic nitrogens is 1. The lowest BCUT2D eigenvalue weighted by Gasteiger charge is -2.17. The van der Waals surface area contributed by atoms with Gasteiger partial charge in [-0.1, -0.05) is 11.6 Å². The third-order valence-corrected chi connectivity index (χ3v) is 7.96. The van der Waals surface area contributed by atoms with Gasteiger partial charge in [-0.3, -0.25) is 4.79 Å². The molecule has 3 rings (SSSR count). The number of carbonyl (C=O) groups excluding carboxylic acids is 3. The Kier molecular flexibility index (Phi) is 7.30. The SMILES string of the molecule is COC(=O)c1c(C)[nH]c(C(=O)C(C)OC(=O)c2ccc(Cl)c(S(=O)(=O)N3CCCC3)c2)c1C. The van der Waals surface area contributed by atoms with E-state index in [4.69, 9.17) is 21.1 Å². The number of nitrogens with zero attached hydrogens (tertiary/aromatic N) is 1. The highest BCUT2D eigenvalue weighted by Crippen LogP contribution is 2.29. The number of ketones is 1. The summed E-state index contributed by atoms with van der Waals surface area (Å²) < 4.78 is 37.1. The van der Waals surface area contributed by atoms with Crippen LogP contribution in [0.3, 0.4) is 0 Å². The highest BCUT2D eigenvalue weighted by atomic mass is 35.5. The van der Waals surface area contributed by atoms with Crippen LogP contribution >= 0.6 is 11.6 Å². The van der Waals surface area contributed by atoms with Crippen LogP contribution in [0.15, 0.2) is 23.1 Å². The van der Waals surface area contributed by atoms with Gasteiger partial charge in [-0.2, -0.15) is 4.31 Å². The molecular formula is C22H25ClN2O7S. The zero-order chi connectivity index (χ0) is 24.5. The predicted octanol–water partition coefficient (Wildman–Crippen LogP) is 3.28. The molecule has 1 fully saturated rings. The van der Waals surface area contributed by atoms with Crippen molar-refractivity contribution in [3.8, 4) is 0 Å². The minimum absolute atomic E-state index is 0.00426. The fourth-order valence-electron chi connectivity index (χ4n) is 3.79. The third-order valence-electron chi connectivity index (χ3n) is 5.58. The number of benzene rings is 1. The van der Waals surface area contributed by atoms with Gasteiger partial charge in [0, 0.05) is 18.8 Å². The number of methoxy groups -OCH3 is 1. The molecule has 1 N–H and O–H groups in total. The van der Waals surface area contributed by atoms with Crippen molar-refractivity contribution in [1.82, 2.24) is 9.29 Å². The molecule has 1 aliphatic rings. The smallest absolute Gasteiger partial charge is 0.339 e. The Morgan fingerprint density at radius 3 is 2.36 bits per heavy atom. The summed E-state index contributed by atoms with van der Waals surface area (Å²) in [7, 11) is -2.61. The zero-order valence-electron chi connectivity index (χ0n) is 18.7. The fourth-order valence-corrected chi connectivity index (χ4v) is 5.80. The van der Waals surface area contributed by atoms with Crippen LogP contribution in [-0.4, -0.2) is 61.7 Å². The van der Waals surface area contributed by atoms with E-state index in [0.717, 1.165) is 18.9 Å². The van der Waals surface area contributed by atoms with Crippen LogP contribution in [0.2, 0.25) is 5.02 Å². The lowest BCUT2D eigenvalue weighted by molar-refractivity contribution is 0.0316. The van der Waals surface area contributed by atoms with E-state index in [2.05, 4.69) is 4.98 Å². The minimum atomic E-state index is -3.85. The number of sulfonamides is 1. The van der Waals surface area contributed by atoms with Crippen LogP contribution in [0, 0.1) is 13.8 Å². The number of nitrogens with one attached hydrogen (secondary N) is 1. The van der Waals surface area contributed by atoms with Gasteiger partial charge < -0.3 is 14.5 Å². The van der Waals surface area contributed by atoms with Crippen LogP contribution in [0.4, 0.5) is 0 Å². The molecule has 0 saturated carbocycles. The van der Waals surface area contributed by atoms with Crippen LogP contribution in [0.1, 0.15) is 62.2 Å². The lowest BCUT2D eigenvalue weighted by atomic mass is 10.1. The number of H-pyrrole nitrogens is 1. The molecule has 178 valence electrons. The minimum Gasteiger partial charge on any atom is -0.465 e. The highest BCUT2D eigenvalue weighted by Gasteiger charge is 2.31. The van der Waals surface area contributed by atoms with Gasteiger partial charge in [-0.15, -0.1) is 0 Å². The lowest BCUT2D eigenvalue weighted by Crippen LogP contribution is -2.28. The van der Waals surface area contributed by atoms with Crippen molar-refractivity contribution in [2.45, 2.75) is 44.6 Å². The number of carbonyl (C=O) groups is 3. The Morgan fingerprint density at radius 1 is 1.12 bits per heavy atom. The summed E-state index contributed by atoms with van der Waals surface area (Å²) in [5, 5.41) is -0.00426. The summed E-state index contributed by atoms with van der Waals surface area (Å²) >= 11 is 6.12. The van der Waals surface area contributed by atoms with Crippen LogP contribution in [0.25, 0.3) is 0 Å². The molecular weight excluding hydrogens is 472 g/mol. The maximum atomic E-state index is 12.9. The monoisotopic (exact) mass is 496 g/mol. The summed E-state index contributed by atoms with van der Waals surface area (Å²) in [5.74, 6) is -2.00. The molecule has 11 heteroatoms. The topological polar surface area (TPSA) is 123 Å². The molecule has 1 saturated heterocycles. The Labute approximate surface area is 197 Å². The van der Waals surface area contributed by atoms with E-state index in [1.807, 2.05) is 0 Å². The summed E-state index contributed by atoms with van der Waals surface area (Å²) in [6.07, 6.45) is 0.315. The largest absolute Gasteiger partial charge is 0.465 e. The van der Waals surface area contributed by atoms with Crippen LogP contribution < -0.4 is 0 Å². The number of hydrogen-bond acceptors (Lipinski definition) is 7. The first kappa shape index (κ1) is 24.9. The number of aromatic amines is 1. The Bertz CT molecular complexity index is 1210. The van der Waals surface area contributed by atoms with E-state index >= 15 is 0 Å². The van der Waals surface area contributed by atoms with Crippen LogP contribution in [0.5, 0.6) is 0 Å². The number of halogens is 1. The molecule has 1 atom stereocenters. The molecule has 0 bridgehead atoms. The zero-order valence-corrected chi connectivity index (χ0v) is 20.3. The molecule has 9 nitrogen and oxygen atoms in total. The second-order valence-corrected chi connectivity index (χ2v) is 10.1. The van der Waals surface area contributed by atoms with E-state index in [1.165, 1.54) is 30.5 Å². The molecule has 2 aromatic rings. The molecule has 33 heavy (non-hydrogen) atoms. The van der Waals surface area contributed by atoms with E-state index in [0.29, 0.717) is 24.3 Å². The molecule has 1 aliphatic heterocycles.